The summed E-state index contributed by atoms with van der Waals surface area (Å²) in [6, 6.07) is 8.00. The number of fused-ring (bicyclic) bond motifs is 1. The minimum Gasteiger partial charge on any atom is -0.484 e. The molecule has 1 aromatic carbocycles. The van der Waals surface area contributed by atoms with E-state index in [0.717, 1.165) is 22.0 Å². The highest BCUT2D eigenvalue weighted by Gasteiger charge is 2.12. The van der Waals surface area contributed by atoms with E-state index in [0.29, 0.717) is 12.4 Å². The van der Waals surface area contributed by atoms with Gasteiger partial charge in [0.2, 0.25) is 0 Å². The highest BCUT2D eigenvalue weighted by Crippen LogP contribution is 2.32. The van der Waals surface area contributed by atoms with Gasteiger partial charge in [0.25, 0.3) is 0 Å². The molecule has 0 N–H and O–H groups in total. The molecule has 0 aromatic heterocycles. The van der Waals surface area contributed by atoms with Crippen LogP contribution in [0.15, 0.2) is 23.2 Å². The summed E-state index contributed by atoms with van der Waals surface area (Å²) in [6.45, 7) is 2.50. The molecule has 0 saturated heterocycles. The number of hydrogen-bond acceptors (Lipinski definition) is 4. The second kappa shape index (κ2) is 4.37. The predicted octanol–water partition coefficient (Wildman–Crippen LogP) is 2.67. The highest BCUT2D eigenvalue weighted by atomic mass is 32.2. The molecule has 0 spiro atoms. The molecule has 0 unspecified atom stereocenters. The van der Waals surface area contributed by atoms with Crippen molar-refractivity contribution in [3.05, 3.63) is 23.8 Å². The minimum atomic E-state index is 0.420. The molecule has 0 atom stereocenters. The monoisotopic (exact) mass is 218 g/mol. The first kappa shape index (κ1) is 10.1. The fourth-order valence-corrected chi connectivity index (χ4v) is 1.86. The Bertz CT molecular complexity index is 448. The van der Waals surface area contributed by atoms with Crippen LogP contribution in [0.5, 0.6) is 5.75 Å². The molecule has 0 amide bonds. The molecule has 2 rings (SSSR count). The third-order valence-electron chi connectivity index (χ3n) is 2.01. The molecule has 1 aliphatic heterocycles. The Balaban J connectivity index is 2.22. The number of aliphatic imine (C=N–C) groups is 1. The van der Waals surface area contributed by atoms with E-state index in [4.69, 9.17) is 10.00 Å². The van der Waals surface area contributed by atoms with E-state index in [1.807, 2.05) is 25.1 Å². The highest BCUT2D eigenvalue weighted by molar-refractivity contribution is 8.14. The molecule has 0 fully saturated rings. The van der Waals surface area contributed by atoms with Crippen molar-refractivity contribution in [2.24, 2.45) is 4.99 Å². The number of benzene rings is 1. The molecule has 1 aliphatic rings. The SMILES string of the molecule is Cc1ccc2c(c1)OCC(SCC#N)=N2. The molecule has 0 radical (unpaired) electrons. The summed E-state index contributed by atoms with van der Waals surface area (Å²) in [4.78, 5) is 4.43. The van der Waals surface area contributed by atoms with Crippen LogP contribution in [-0.2, 0) is 0 Å². The zero-order chi connectivity index (χ0) is 10.7. The topological polar surface area (TPSA) is 45.4 Å². The van der Waals surface area contributed by atoms with Gasteiger partial charge in [0.05, 0.1) is 11.8 Å². The van der Waals surface area contributed by atoms with Crippen molar-refractivity contribution in [1.29, 1.82) is 5.26 Å². The third kappa shape index (κ3) is 2.31. The molecule has 15 heavy (non-hydrogen) atoms. The third-order valence-corrected chi connectivity index (χ3v) is 2.83. The van der Waals surface area contributed by atoms with Crippen LogP contribution in [0.4, 0.5) is 5.69 Å². The van der Waals surface area contributed by atoms with E-state index >= 15 is 0 Å². The van der Waals surface area contributed by atoms with E-state index in [2.05, 4.69) is 11.1 Å². The van der Waals surface area contributed by atoms with Crippen LogP contribution in [0.25, 0.3) is 0 Å². The normalized spacial score (nSPS) is 13.5. The van der Waals surface area contributed by atoms with Gasteiger partial charge in [-0.2, -0.15) is 5.26 Å². The van der Waals surface area contributed by atoms with Crippen molar-refractivity contribution in [3.63, 3.8) is 0 Å². The van der Waals surface area contributed by atoms with Gasteiger partial charge in [-0.15, -0.1) is 0 Å². The van der Waals surface area contributed by atoms with E-state index in [1.165, 1.54) is 11.8 Å². The Labute approximate surface area is 92.8 Å². The van der Waals surface area contributed by atoms with Crippen LogP contribution < -0.4 is 4.74 Å². The molecule has 0 saturated carbocycles. The zero-order valence-electron chi connectivity index (χ0n) is 8.36. The van der Waals surface area contributed by atoms with Gasteiger partial charge in [-0.25, -0.2) is 4.99 Å². The van der Waals surface area contributed by atoms with Crippen LogP contribution >= 0.6 is 11.8 Å². The molecule has 1 heterocycles. The minimum absolute atomic E-state index is 0.420. The van der Waals surface area contributed by atoms with Crippen LogP contribution in [0.1, 0.15) is 5.56 Å². The molecule has 0 aliphatic carbocycles. The van der Waals surface area contributed by atoms with Crippen LogP contribution in [0.2, 0.25) is 0 Å². The van der Waals surface area contributed by atoms with E-state index in [1.54, 1.807) is 0 Å². The first-order chi connectivity index (χ1) is 7.29. The number of thioether (sulfide) groups is 1. The Morgan fingerprint density at radius 2 is 2.47 bits per heavy atom. The lowest BCUT2D eigenvalue weighted by Gasteiger charge is -2.16. The molecule has 0 bridgehead atoms. The number of aryl methyl sites for hydroxylation is 1. The molecule has 4 heteroatoms. The van der Waals surface area contributed by atoms with Crippen molar-refractivity contribution in [2.45, 2.75) is 6.92 Å². The van der Waals surface area contributed by atoms with Gasteiger partial charge in [0.15, 0.2) is 0 Å². The zero-order valence-corrected chi connectivity index (χ0v) is 9.17. The van der Waals surface area contributed by atoms with E-state index in [9.17, 15) is 0 Å². The summed E-state index contributed by atoms with van der Waals surface area (Å²) < 4.78 is 5.55. The second-order valence-electron chi connectivity index (χ2n) is 3.21. The Morgan fingerprint density at radius 1 is 1.60 bits per heavy atom. The molecule has 76 valence electrons. The first-order valence-corrected chi connectivity index (χ1v) is 5.59. The molecular weight excluding hydrogens is 208 g/mol. The van der Waals surface area contributed by atoms with Crippen molar-refractivity contribution in [2.75, 3.05) is 12.4 Å². The van der Waals surface area contributed by atoms with E-state index in [-0.39, 0.29) is 0 Å². The Kier molecular flexibility index (Phi) is 2.93. The van der Waals surface area contributed by atoms with Crippen LogP contribution in [0, 0.1) is 18.3 Å². The van der Waals surface area contributed by atoms with Gasteiger partial charge in [0, 0.05) is 0 Å². The maximum Gasteiger partial charge on any atom is 0.145 e. The largest absolute Gasteiger partial charge is 0.484 e. The van der Waals surface area contributed by atoms with Crippen molar-refractivity contribution in [3.8, 4) is 11.8 Å². The number of hydrogen-bond donors (Lipinski definition) is 0. The van der Waals surface area contributed by atoms with Gasteiger partial charge >= 0.3 is 0 Å². The van der Waals surface area contributed by atoms with Crippen molar-refractivity contribution < 1.29 is 4.74 Å². The van der Waals surface area contributed by atoms with Gasteiger partial charge in [-0.3, -0.25) is 0 Å². The lowest BCUT2D eigenvalue weighted by Crippen LogP contribution is -2.12. The van der Waals surface area contributed by atoms with Crippen LogP contribution in [0.3, 0.4) is 0 Å². The lowest BCUT2D eigenvalue weighted by atomic mass is 10.2. The number of nitriles is 1. The van der Waals surface area contributed by atoms with Gasteiger partial charge in [-0.1, -0.05) is 17.8 Å². The van der Waals surface area contributed by atoms with E-state index < -0.39 is 0 Å². The fourth-order valence-electron chi connectivity index (χ4n) is 1.32. The van der Waals surface area contributed by atoms with Gasteiger partial charge in [-0.05, 0) is 24.6 Å². The molecule has 3 nitrogen and oxygen atoms in total. The number of rotatable bonds is 1. The van der Waals surface area contributed by atoms with Gasteiger partial charge in [0.1, 0.15) is 23.1 Å². The summed E-state index contributed by atoms with van der Waals surface area (Å²) in [5, 5.41) is 9.33. The first-order valence-electron chi connectivity index (χ1n) is 4.60. The smallest absolute Gasteiger partial charge is 0.145 e. The lowest BCUT2D eigenvalue weighted by molar-refractivity contribution is 0.375. The Morgan fingerprint density at radius 3 is 3.27 bits per heavy atom. The summed E-state index contributed by atoms with van der Waals surface area (Å²) in [6.07, 6.45) is 0. The summed E-state index contributed by atoms with van der Waals surface area (Å²) in [5.74, 6) is 1.25. The quantitative estimate of drug-likeness (QED) is 0.728. The van der Waals surface area contributed by atoms with Crippen molar-refractivity contribution in [1.82, 2.24) is 0 Å². The number of nitrogens with zero attached hydrogens (tertiary/aromatic N) is 2. The average molecular weight is 218 g/mol. The number of ether oxygens (including phenoxy) is 1. The summed E-state index contributed by atoms with van der Waals surface area (Å²) >= 11 is 1.43. The van der Waals surface area contributed by atoms with Gasteiger partial charge < -0.3 is 4.74 Å². The Hall–Kier alpha value is -1.47. The second-order valence-corrected chi connectivity index (χ2v) is 4.26. The summed E-state index contributed by atoms with van der Waals surface area (Å²) in [5.41, 5.74) is 2.02. The maximum atomic E-state index is 8.46. The average Bonchev–Trinajstić information content (AvgIpc) is 2.26. The maximum absolute atomic E-state index is 8.46. The van der Waals surface area contributed by atoms with Crippen molar-refractivity contribution >= 4 is 22.5 Å². The molecule has 1 aromatic rings. The standard InChI is InChI=1S/C11H10N2OS/c1-8-2-3-9-10(6-8)14-7-11(13-9)15-5-4-12/h2-3,6H,5,7H2,1H3. The molecular formula is C11H10N2OS. The van der Waals surface area contributed by atoms with Crippen LogP contribution in [-0.4, -0.2) is 17.4 Å². The predicted molar refractivity (Wildman–Crippen MR) is 61.8 cm³/mol. The summed E-state index contributed by atoms with van der Waals surface area (Å²) in [7, 11) is 0. The fraction of sp³-hybridized carbons (Fsp3) is 0.273.